The molecule has 0 spiro atoms. The van der Waals surface area contributed by atoms with Crippen LogP contribution < -0.4 is 10.6 Å². The molecule has 0 saturated carbocycles. The summed E-state index contributed by atoms with van der Waals surface area (Å²) in [5.41, 5.74) is 0.520. The molecular formula is C30H41N3O4S2. The predicted octanol–water partition coefficient (Wildman–Crippen LogP) is 4.06. The van der Waals surface area contributed by atoms with Crippen LogP contribution in [0.3, 0.4) is 0 Å². The molecule has 2 aromatic carbocycles. The van der Waals surface area contributed by atoms with Crippen molar-refractivity contribution < 1.29 is 19.8 Å². The number of rotatable bonds is 9. The maximum absolute atomic E-state index is 13.6. The normalized spacial score (nSPS) is 23.1. The van der Waals surface area contributed by atoms with E-state index in [2.05, 4.69) is 15.5 Å². The van der Waals surface area contributed by atoms with E-state index in [-0.39, 0.29) is 41.7 Å². The fourth-order valence-electron chi connectivity index (χ4n) is 5.42. The molecule has 2 heterocycles. The Morgan fingerprint density at radius 3 is 2.62 bits per heavy atom. The first-order chi connectivity index (χ1) is 18.5. The summed E-state index contributed by atoms with van der Waals surface area (Å²) >= 11 is 3.61. The summed E-state index contributed by atoms with van der Waals surface area (Å²) in [5.74, 6) is 1.87. The molecule has 2 aromatic rings. The zero-order chi connectivity index (χ0) is 28.2. The summed E-state index contributed by atoms with van der Waals surface area (Å²) in [4.78, 5) is 29.9. The number of hydrogen-bond acceptors (Lipinski definition) is 7. The number of thioether (sulfide) groups is 2. The first-order valence-electron chi connectivity index (χ1n) is 13.7. The van der Waals surface area contributed by atoms with E-state index in [1.807, 2.05) is 62.9 Å². The zero-order valence-corrected chi connectivity index (χ0v) is 24.9. The van der Waals surface area contributed by atoms with Crippen molar-refractivity contribution >= 4 is 35.3 Å². The summed E-state index contributed by atoms with van der Waals surface area (Å²) < 4.78 is 0. The number of aliphatic hydroxyl groups is 1. The summed E-state index contributed by atoms with van der Waals surface area (Å²) in [6.07, 6.45) is 0.978. The standard InChI is InChI=1S/C30H41N3O4S2/c1-19-22(11-8-12-25(19)34)28(36)31-16-26(35)24(18-39-21-9-6-5-7-10-21)33-17-20-13-14-38-27(20)15-23(33)29(37)32-30(2,3)4/h5-12,20,23-24,26-27,34-35H,13-18H2,1-4H3,(H,31,36)(H,32,37). The van der Waals surface area contributed by atoms with E-state index in [0.717, 1.165) is 30.0 Å². The number of hydrogen-bond donors (Lipinski definition) is 4. The molecule has 0 aliphatic carbocycles. The molecule has 2 fully saturated rings. The zero-order valence-electron chi connectivity index (χ0n) is 23.2. The number of aliphatic hydroxyl groups excluding tert-OH is 1. The largest absolute Gasteiger partial charge is 0.508 e. The number of fused-ring (bicyclic) bond motifs is 1. The molecule has 4 rings (SSSR count). The van der Waals surface area contributed by atoms with Crippen LogP contribution in [0.2, 0.25) is 0 Å². The van der Waals surface area contributed by atoms with Crippen LogP contribution in [0.4, 0.5) is 0 Å². The third-order valence-corrected chi connectivity index (χ3v) is 10.1. The van der Waals surface area contributed by atoms with Crippen LogP contribution in [0.1, 0.15) is 49.5 Å². The van der Waals surface area contributed by atoms with Gasteiger partial charge < -0.3 is 20.8 Å². The van der Waals surface area contributed by atoms with Gasteiger partial charge >= 0.3 is 0 Å². The molecule has 2 aliphatic heterocycles. The topological polar surface area (TPSA) is 102 Å². The number of phenols is 1. The maximum Gasteiger partial charge on any atom is 0.251 e. The fourth-order valence-corrected chi connectivity index (χ4v) is 8.10. The number of nitrogens with one attached hydrogen (secondary N) is 2. The number of benzene rings is 2. The molecule has 7 nitrogen and oxygen atoms in total. The molecule has 39 heavy (non-hydrogen) atoms. The highest BCUT2D eigenvalue weighted by Gasteiger charge is 2.45. The van der Waals surface area contributed by atoms with E-state index in [9.17, 15) is 19.8 Å². The SMILES string of the molecule is Cc1c(O)cccc1C(=O)NCC(O)C(CSc1ccccc1)N1CC2CCSC2CC1C(=O)NC(C)(C)C. The van der Waals surface area contributed by atoms with Gasteiger partial charge in [0.1, 0.15) is 5.75 Å². The van der Waals surface area contributed by atoms with E-state index in [1.54, 1.807) is 36.9 Å². The Bertz CT molecular complexity index is 1140. The molecule has 5 unspecified atom stereocenters. The quantitative estimate of drug-likeness (QED) is 0.337. The molecule has 9 heteroatoms. The lowest BCUT2D eigenvalue weighted by Crippen LogP contribution is -2.63. The van der Waals surface area contributed by atoms with E-state index in [4.69, 9.17) is 0 Å². The smallest absolute Gasteiger partial charge is 0.251 e. The van der Waals surface area contributed by atoms with Gasteiger partial charge in [0.05, 0.1) is 12.1 Å². The van der Waals surface area contributed by atoms with E-state index in [0.29, 0.717) is 28.0 Å². The Balaban J connectivity index is 1.56. The molecule has 0 bridgehead atoms. The molecule has 0 aromatic heterocycles. The van der Waals surface area contributed by atoms with Gasteiger partial charge in [0, 0.05) is 51.7 Å². The maximum atomic E-state index is 13.6. The summed E-state index contributed by atoms with van der Waals surface area (Å²) in [6, 6.07) is 14.2. The number of carbonyl (C=O) groups excluding carboxylic acids is 2. The Kier molecular flexibility index (Phi) is 9.91. The van der Waals surface area contributed by atoms with Crippen LogP contribution in [0.5, 0.6) is 5.75 Å². The van der Waals surface area contributed by atoms with Gasteiger partial charge in [-0.2, -0.15) is 11.8 Å². The Labute approximate surface area is 240 Å². The van der Waals surface area contributed by atoms with E-state index < -0.39 is 6.10 Å². The van der Waals surface area contributed by atoms with Gasteiger partial charge in [0.15, 0.2) is 0 Å². The van der Waals surface area contributed by atoms with Gasteiger partial charge in [-0.3, -0.25) is 14.5 Å². The van der Waals surface area contributed by atoms with E-state index in [1.165, 1.54) is 0 Å². The van der Waals surface area contributed by atoms with Gasteiger partial charge in [-0.15, -0.1) is 11.8 Å². The van der Waals surface area contributed by atoms with Crippen LogP contribution in [-0.2, 0) is 4.79 Å². The van der Waals surface area contributed by atoms with Crippen molar-refractivity contribution in [2.45, 2.75) is 74.4 Å². The molecular weight excluding hydrogens is 530 g/mol. The Morgan fingerprint density at radius 1 is 1.15 bits per heavy atom. The van der Waals surface area contributed by atoms with Crippen molar-refractivity contribution in [3.05, 3.63) is 59.7 Å². The van der Waals surface area contributed by atoms with Crippen LogP contribution in [0, 0.1) is 12.8 Å². The lowest BCUT2D eigenvalue weighted by atomic mass is 9.88. The highest BCUT2D eigenvalue weighted by Crippen LogP contribution is 2.41. The average Bonchev–Trinajstić information content (AvgIpc) is 3.36. The number of aromatic hydroxyl groups is 1. The molecule has 5 atom stereocenters. The predicted molar refractivity (Wildman–Crippen MR) is 159 cm³/mol. The molecule has 2 amide bonds. The molecule has 212 valence electrons. The minimum absolute atomic E-state index is 0.00483. The van der Waals surface area contributed by atoms with E-state index >= 15 is 0 Å². The Hall–Kier alpha value is -2.20. The van der Waals surface area contributed by atoms with Crippen LogP contribution >= 0.6 is 23.5 Å². The molecule has 0 radical (unpaired) electrons. The first-order valence-corrected chi connectivity index (χ1v) is 15.7. The number of likely N-dealkylation sites (tertiary alicyclic amines) is 1. The van der Waals surface area contributed by atoms with Gasteiger partial charge in [-0.05, 0) is 76.5 Å². The summed E-state index contributed by atoms with van der Waals surface area (Å²) in [7, 11) is 0. The molecule has 2 aliphatic rings. The van der Waals surface area contributed by atoms with Crippen LogP contribution in [0.15, 0.2) is 53.4 Å². The second-order valence-corrected chi connectivity index (χ2v) is 14.0. The second kappa shape index (κ2) is 13.0. The van der Waals surface area contributed by atoms with Crippen molar-refractivity contribution in [2.24, 2.45) is 5.92 Å². The second-order valence-electron chi connectivity index (χ2n) is 11.6. The number of piperidine rings is 1. The minimum atomic E-state index is -0.890. The number of nitrogens with zero attached hydrogens (tertiary/aromatic N) is 1. The highest BCUT2D eigenvalue weighted by atomic mass is 32.2. The lowest BCUT2D eigenvalue weighted by Gasteiger charge is -2.46. The number of phenolic OH excluding ortho intramolecular Hbond substituents is 1. The van der Waals surface area contributed by atoms with Gasteiger partial charge in [0.2, 0.25) is 5.91 Å². The van der Waals surface area contributed by atoms with Crippen molar-refractivity contribution in [1.82, 2.24) is 15.5 Å². The average molecular weight is 572 g/mol. The van der Waals surface area contributed by atoms with Crippen LogP contribution in [0.25, 0.3) is 0 Å². The van der Waals surface area contributed by atoms with Gasteiger partial charge in [-0.1, -0.05) is 24.3 Å². The monoisotopic (exact) mass is 571 g/mol. The summed E-state index contributed by atoms with van der Waals surface area (Å²) in [6.45, 7) is 8.45. The molecule has 2 saturated heterocycles. The molecule has 4 N–H and O–H groups in total. The van der Waals surface area contributed by atoms with Crippen molar-refractivity contribution in [2.75, 3.05) is 24.6 Å². The third-order valence-electron chi connectivity index (χ3n) is 7.50. The van der Waals surface area contributed by atoms with Crippen molar-refractivity contribution in [1.29, 1.82) is 0 Å². The summed E-state index contributed by atoms with van der Waals surface area (Å²) in [5, 5.41) is 28.1. The minimum Gasteiger partial charge on any atom is -0.508 e. The van der Waals surface area contributed by atoms with Crippen molar-refractivity contribution in [3.63, 3.8) is 0 Å². The fraction of sp³-hybridized carbons (Fsp3) is 0.533. The number of carbonyl (C=O) groups is 2. The highest BCUT2D eigenvalue weighted by molar-refractivity contribution is 8.00. The van der Waals surface area contributed by atoms with Gasteiger partial charge in [0.25, 0.3) is 5.91 Å². The van der Waals surface area contributed by atoms with Crippen molar-refractivity contribution in [3.8, 4) is 5.75 Å². The lowest BCUT2D eigenvalue weighted by molar-refractivity contribution is -0.132. The third kappa shape index (κ3) is 7.72. The number of amides is 2. The Morgan fingerprint density at radius 2 is 1.90 bits per heavy atom. The van der Waals surface area contributed by atoms with Crippen LogP contribution in [-0.4, -0.2) is 80.5 Å². The first kappa shape index (κ1) is 29.8. The van der Waals surface area contributed by atoms with Gasteiger partial charge in [-0.25, -0.2) is 0 Å².